The molecule has 2 fully saturated rings. The highest BCUT2D eigenvalue weighted by molar-refractivity contribution is 7.12. The molecular weight excluding hydrogens is 368 g/mol. The van der Waals surface area contributed by atoms with Crippen molar-refractivity contribution in [3.8, 4) is 0 Å². The summed E-state index contributed by atoms with van der Waals surface area (Å²) in [6, 6.07) is 0. The highest BCUT2D eigenvalue weighted by atomic mass is 32.1. The molecule has 0 amide bonds. The lowest BCUT2D eigenvalue weighted by Gasteiger charge is -2.18. The Balaban J connectivity index is 0.000000156. The first-order valence-corrected chi connectivity index (χ1v) is 12.6. The third-order valence-corrected chi connectivity index (χ3v) is 8.80. The van der Waals surface area contributed by atoms with Crippen LogP contribution in [0.15, 0.2) is 12.4 Å². The van der Waals surface area contributed by atoms with E-state index in [9.17, 15) is 0 Å². The van der Waals surface area contributed by atoms with Crippen LogP contribution < -0.4 is 0 Å². The van der Waals surface area contributed by atoms with Gasteiger partial charge in [0, 0.05) is 34.0 Å². The van der Waals surface area contributed by atoms with Gasteiger partial charge in [0.05, 0.1) is 10.0 Å². The monoisotopic (exact) mass is 404 g/mol. The number of hydrogen-bond donors (Lipinski definition) is 0. The van der Waals surface area contributed by atoms with Crippen LogP contribution in [0.4, 0.5) is 0 Å². The molecule has 2 aromatic heterocycles. The third kappa shape index (κ3) is 5.87. The average Bonchev–Trinajstić information content (AvgIpc) is 3.43. The second-order valence-corrected chi connectivity index (χ2v) is 11.0. The zero-order chi connectivity index (χ0) is 19.2. The van der Waals surface area contributed by atoms with Gasteiger partial charge in [0.15, 0.2) is 0 Å². The minimum absolute atomic E-state index is 0.643. The van der Waals surface area contributed by atoms with E-state index in [0.717, 1.165) is 11.8 Å². The fraction of sp³-hybridized carbons (Fsp3) is 0.739. The van der Waals surface area contributed by atoms with Crippen LogP contribution in [0.5, 0.6) is 0 Å². The van der Waals surface area contributed by atoms with Crippen molar-refractivity contribution >= 4 is 22.7 Å². The van der Waals surface area contributed by atoms with Crippen LogP contribution in [-0.2, 0) is 0 Å². The Morgan fingerprint density at radius 2 is 1.04 bits per heavy atom. The molecule has 2 aliphatic rings. The van der Waals surface area contributed by atoms with Crippen molar-refractivity contribution in [3.63, 3.8) is 0 Å². The van der Waals surface area contributed by atoms with E-state index in [2.05, 4.69) is 50.1 Å². The van der Waals surface area contributed by atoms with Gasteiger partial charge < -0.3 is 0 Å². The van der Waals surface area contributed by atoms with Crippen molar-refractivity contribution in [1.82, 2.24) is 9.97 Å². The molecule has 0 saturated heterocycles. The van der Waals surface area contributed by atoms with Gasteiger partial charge in [-0.2, -0.15) is 0 Å². The molecule has 0 atom stereocenters. The smallest absolute Gasteiger partial charge is 0.0958 e. The summed E-state index contributed by atoms with van der Waals surface area (Å²) in [6.07, 6.45) is 16.7. The van der Waals surface area contributed by atoms with E-state index in [0.29, 0.717) is 11.8 Å². The standard InChI is InChI=1S/C12H19NS.C11H17NS/c1-9(2)11-8-13-12(14-11)10-6-4-3-5-7-10;1-8(2)10-7-12-11(13-10)9-5-3-4-6-9/h8-10H,3-7H2,1-2H3;7-9H,3-6H2,1-2H3. The highest BCUT2D eigenvalue weighted by Crippen LogP contribution is 2.37. The molecule has 2 aliphatic carbocycles. The van der Waals surface area contributed by atoms with Gasteiger partial charge in [0.2, 0.25) is 0 Å². The predicted molar refractivity (Wildman–Crippen MR) is 119 cm³/mol. The molecule has 150 valence electrons. The summed E-state index contributed by atoms with van der Waals surface area (Å²) < 4.78 is 0. The van der Waals surface area contributed by atoms with Crippen molar-refractivity contribution in [2.45, 2.75) is 109 Å². The molecule has 2 saturated carbocycles. The molecule has 4 heteroatoms. The van der Waals surface area contributed by atoms with E-state index >= 15 is 0 Å². The lowest BCUT2D eigenvalue weighted by atomic mass is 9.90. The summed E-state index contributed by atoms with van der Waals surface area (Å²) in [5, 5.41) is 2.79. The normalized spacial score (nSPS) is 18.9. The van der Waals surface area contributed by atoms with E-state index in [-0.39, 0.29) is 0 Å². The molecule has 0 aromatic carbocycles. The molecule has 0 spiro atoms. The Morgan fingerprint density at radius 3 is 1.37 bits per heavy atom. The molecule has 0 unspecified atom stereocenters. The zero-order valence-corrected chi connectivity index (χ0v) is 19.2. The zero-order valence-electron chi connectivity index (χ0n) is 17.5. The fourth-order valence-corrected chi connectivity index (χ4v) is 6.22. The van der Waals surface area contributed by atoms with Gasteiger partial charge >= 0.3 is 0 Å². The van der Waals surface area contributed by atoms with Gasteiger partial charge in [-0.3, -0.25) is 0 Å². The molecule has 0 bridgehead atoms. The summed E-state index contributed by atoms with van der Waals surface area (Å²) in [5.74, 6) is 2.86. The molecule has 27 heavy (non-hydrogen) atoms. The van der Waals surface area contributed by atoms with Crippen LogP contribution in [0.2, 0.25) is 0 Å². The van der Waals surface area contributed by atoms with E-state index in [1.807, 2.05) is 22.7 Å². The molecule has 0 aliphatic heterocycles. The lowest BCUT2D eigenvalue weighted by Crippen LogP contribution is -2.03. The lowest BCUT2D eigenvalue weighted by molar-refractivity contribution is 0.442. The second kappa shape index (κ2) is 10.2. The van der Waals surface area contributed by atoms with E-state index in [4.69, 9.17) is 0 Å². The number of nitrogens with zero attached hydrogens (tertiary/aromatic N) is 2. The maximum absolute atomic E-state index is 4.58. The molecule has 4 rings (SSSR count). The Bertz CT molecular complexity index is 674. The van der Waals surface area contributed by atoms with E-state index in [1.165, 1.54) is 77.6 Å². The molecule has 0 radical (unpaired) electrons. The van der Waals surface area contributed by atoms with Gasteiger partial charge in [0.1, 0.15) is 0 Å². The number of rotatable bonds is 4. The van der Waals surface area contributed by atoms with Crippen molar-refractivity contribution < 1.29 is 0 Å². The maximum atomic E-state index is 4.58. The summed E-state index contributed by atoms with van der Waals surface area (Å²) in [7, 11) is 0. The third-order valence-electron chi connectivity index (χ3n) is 5.88. The quantitative estimate of drug-likeness (QED) is 0.512. The van der Waals surface area contributed by atoms with Gasteiger partial charge in [-0.25, -0.2) is 9.97 Å². The first-order chi connectivity index (χ1) is 13.0. The number of aromatic nitrogens is 2. The summed E-state index contributed by atoms with van der Waals surface area (Å²) >= 11 is 3.86. The van der Waals surface area contributed by atoms with Crippen molar-refractivity contribution in [3.05, 3.63) is 32.2 Å². The minimum Gasteiger partial charge on any atom is -0.249 e. The Hall–Kier alpha value is -0.740. The summed E-state index contributed by atoms with van der Waals surface area (Å²) in [4.78, 5) is 12.0. The fourth-order valence-electron chi connectivity index (χ4n) is 4.04. The van der Waals surface area contributed by atoms with Crippen LogP contribution in [0.25, 0.3) is 0 Å². The van der Waals surface area contributed by atoms with Crippen molar-refractivity contribution in [2.24, 2.45) is 0 Å². The van der Waals surface area contributed by atoms with Gasteiger partial charge in [-0.05, 0) is 37.5 Å². The predicted octanol–water partition coefficient (Wildman–Crippen LogP) is 8.24. The maximum Gasteiger partial charge on any atom is 0.0958 e. The molecule has 2 aromatic rings. The van der Waals surface area contributed by atoms with Crippen molar-refractivity contribution in [2.75, 3.05) is 0 Å². The first-order valence-electron chi connectivity index (χ1n) is 11.0. The van der Waals surface area contributed by atoms with Gasteiger partial charge in [-0.15, -0.1) is 22.7 Å². The Morgan fingerprint density at radius 1 is 0.667 bits per heavy atom. The van der Waals surface area contributed by atoms with Crippen LogP contribution in [0.3, 0.4) is 0 Å². The Kier molecular flexibility index (Phi) is 7.89. The molecule has 2 nitrogen and oxygen atoms in total. The topological polar surface area (TPSA) is 25.8 Å². The van der Waals surface area contributed by atoms with Gasteiger partial charge in [-0.1, -0.05) is 59.8 Å². The van der Waals surface area contributed by atoms with Crippen LogP contribution in [0.1, 0.15) is 129 Å². The van der Waals surface area contributed by atoms with Crippen LogP contribution in [0, 0.1) is 0 Å². The summed E-state index contributed by atoms with van der Waals surface area (Å²) in [5.41, 5.74) is 0. The second-order valence-electron chi connectivity index (χ2n) is 8.83. The van der Waals surface area contributed by atoms with Crippen LogP contribution >= 0.6 is 22.7 Å². The largest absolute Gasteiger partial charge is 0.249 e. The number of thiazole rings is 2. The molecule has 2 heterocycles. The van der Waals surface area contributed by atoms with Gasteiger partial charge in [0.25, 0.3) is 0 Å². The van der Waals surface area contributed by atoms with Crippen LogP contribution in [-0.4, -0.2) is 9.97 Å². The van der Waals surface area contributed by atoms with E-state index < -0.39 is 0 Å². The van der Waals surface area contributed by atoms with E-state index in [1.54, 1.807) is 0 Å². The molecular formula is C23H36N2S2. The SMILES string of the molecule is CC(C)c1cnc(C2CCCC2)s1.CC(C)c1cnc(C2CCCCC2)s1. The molecule has 0 N–H and O–H groups in total. The highest BCUT2D eigenvalue weighted by Gasteiger charge is 2.20. The number of hydrogen-bond acceptors (Lipinski definition) is 4. The Labute approximate surface area is 173 Å². The first kappa shape index (κ1) is 21.0. The minimum atomic E-state index is 0.643. The summed E-state index contributed by atoms with van der Waals surface area (Å²) in [6.45, 7) is 8.98. The van der Waals surface area contributed by atoms with Crippen molar-refractivity contribution in [1.29, 1.82) is 0 Å². The average molecular weight is 405 g/mol.